The fourth-order valence-corrected chi connectivity index (χ4v) is 1.21. The Bertz CT molecular complexity index is 318. The second-order valence-electron chi connectivity index (χ2n) is 2.31. The summed E-state index contributed by atoms with van der Waals surface area (Å²) < 4.78 is 13.8. The lowest BCUT2D eigenvalue weighted by Crippen LogP contribution is -2.50. The molecule has 14 heavy (non-hydrogen) atoms. The van der Waals surface area contributed by atoms with E-state index in [2.05, 4.69) is 14.2 Å². The van der Waals surface area contributed by atoms with Gasteiger partial charge in [-0.3, -0.25) is 4.79 Å². The van der Waals surface area contributed by atoms with Crippen molar-refractivity contribution in [1.29, 1.82) is 0 Å². The number of ether oxygens (including phenoxy) is 3. The Kier molecular flexibility index (Phi) is 3.16. The van der Waals surface area contributed by atoms with Crippen molar-refractivity contribution in [2.75, 3.05) is 14.2 Å². The molecule has 0 fully saturated rings. The normalized spacial score (nSPS) is 21.1. The van der Waals surface area contributed by atoms with Crippen molar-refractivity contribution in [3.63, 3.8) is 0 Å². The number of methoxy groups -OCH3 is 2. The first-order valence-corrected chi connectivity index (χ1v) is 4.18. The molecule has 1 aliphatic rings. The minimum absolute atomic E-state index is 0.466. The molecular formula is C7H6Cl2O5. The standard InChI is InChI=1S/C7H6Cl2O5/c1-12-7(13-2)5(10)3(8)4(9)6(11)14-7/h1-2H3. The van der Waals surface area contributed by atoms with Crippen LogP contribution in [0, 0.1) is 0 Å². The number of halogens is 2. The Morgan fingerprint density at radius 2 is 1.64 bits per heavy atom. The minimum Gasteiger partial charge on any atom is -0.397 e. The van der Waals surface area contributed by atoms with Crippen LogP contribution in [0.15, 0.2) is 10.1 Å². The number of rotatable bonds is 2. The summed E-state index contributed by atoms with van der Waals surface area (Å²) in [6, 6.07) is 0. The zero-order valence-corrected chi connectivity index (χ0v) is 8.81. The van der Waals surface area contributed by atoms with E-state index in [1.165, 1.54) is 0 Å². The average Bonchev–Trinajstić information content (AvgIpc) is 2.21. The topological polar surface area (TPSA) is 61.8 Å². The number of cyclic esters (lactones) is 1. The molecule has 1 rings (SSSR count). The van der Waals surface area contributed by atoms with E-state index in [4.69, 9.17) is 23.2 Å². The van der Waals surface area contributed by atoms with Gasteiger partial charge >= 0.3 is 11.9 Å². The number of hydrogen-bond donors (Lipinski definition) is 0. The molecule has 1 aliphatic heterocycles. The van der Waals surface area contributed by atoms with Crippen molar-refractivity contribution >= 4 is 35.0 Å². The van der Waals surface area contributed by atoms with E-state index in [1.54, 1.807) is 0 Å². The summed E-state index contributed by atoms with van der Waals surface area (Å²) in [6.45, 7) is 0. The highest BCUT2D eigenvalue weighted by molar-refractivity contribution is 6.55. The van der Waals surface area contributed by atoms with Gasteiger partial charge in [-0.05, 0) is 0 Å². The fraction of sp³-hybridized carbons (Fsp3) is 0.429. The lowest BCUT2D eigenvalue weighted by Gasteiger charge is -2.30. The molecule has 78 valence electrons. The molecule has 0 bridgehead atoms. The van der Waals surface area contributed by atoms with Crippen LogP contribution in [0.1, 0.15) is 0 Å². The Hall–Kier alpha value is -0.620. The molecule has 7 heteroatoms. The van der Waals surface area contributed by atoms with Crippen molar-refractivity contribution in [3.8, 4) is 0 Å². The smallest absolute Gasteiger partial charge is 0.397 e. The quantitative estimate of drug-likeness (QED) is 0.527. The molecule has 1 heterocycles. The SMILES string of the molecule is COC1(OC)OC(=O)C(Cl)=C(Cl)C1=O. The van der Waals surface area contributed by atoms with E-state index >= 15 is 0 Å². The maximum absolute atomic E-state index is 11.5. The zero-order chi connectivity index (χ0) is 10.9. The first kappa shape index (κ1) is 11.5. The molecule has 0 spiro atoms. The van der Waals surface area contributed by atoms with Crippen LogP contribution in [0.2, 0.25) is 0 Å². The molecule has 0 aromatic heterocycles. The van der Waals surface area contributed by atoms with Gasteiger partial charge in [0.25, 0.3) is 5.78 Å². The molecule has 0 aliphatic carbocycles. The van der Waals surface area contributed by atoms with Crippen molar-refractivity contribution < 1.29 is 23.8 Å². The number of carbonyl (C=O) groups is 2. The Morgan fingerprint density at radius 1 is 1.14 bits per heavy atom. The van der Waals surface area contributed by atoms with Crippen LogP contribution >= 0.6 is 23.2 Å². The molecule has 0 atom stereocenters. The maximum Gasteiger partial charge on any atom is 0.398 e. The molecule has 0 saturated carbocycles. The highest BCUT2D eigenvalue weighted by Gasteiger charge is 2.50. The highest BCUT2D eigenvalue weighted by atomic mass is 35.5. The lowest BCUT2D eigenvalue weighted by molar-refractivity contribution is -0.317. The van der Waals surface area contributed by atoms with Crippen LogP contribution in [0.4, 0.5) is 0 Å². The second kappa shape index (κ2) is 3.86. The van der Waals surface area contributed by atoms with Crippen LogP contribution in [0.5, 0.6) is 0 Å². The van der Waals surface area contributed by atoms with Crippen molar-refractivity contribution in [2.24, 2.45) is 0 Å². The Labute approximate surface area is 89.5 Å². The van der Waals surface area contributed by atoms with E-state index in [-0.39, 0.29) is 0 Å². The summed E-state index contributed by atoms with van der Waals surface area (Å²) in [5, 5.41) is -0.951. The Balaban J connectivity index is 3.20. The number of Topliss-reactive ketones (excluding diaryl/α,β-unsaturated/α-hetero) is 1. The van der Waals surface area contributed by atoms with E-state index < -0.39 is 27.8 Å². The van der Waals surface area contributed by atoms with Gasteiger partial charge in [0.05, 0.1) is 0 Å². The van der Waals surface area contributed by atoms with E-state index in [9.17, 15) is 9.59 Å². The van der Waals surface area contributed by atoms with Crippen molar-refractivity contribution in [1.82, 2.24) is 0 Å². The number of esters is 1. The first-order valence-electron chi connectivity index (χ1n) is 3.42. The van der Waals surface area contributed by atoms with Crippen LogP contribution < -0.4 is 0 Å². The lowest BCUT2D eigenvalue weighted by atomic mass is 10.2. The van der Waals surface area contributed by atoms with Gasteiger partial charge in [-0.15, -0.1) is 0 Å². The van der Waals surface area contributed by atoms with E-state index in [0.717, 1.165) is 14.2 Å². The van der Waals surface area contributed by atoms with Gasteiger partial charge in [0.2, 0.25) is 0 Å². The molecule has 0 amide bonds. The molecule has 0 aromatic carbocycles. The number of ketones is 1. The van der Waals surface area contributed by atoms with Crippen LogP contribution in [0.3, 0.4) is 0 Å². The molecule has 0 unspecified atom stereocenters. The van der Waals surface area contributed by atoms with Crippen molar-refractivity contribution in [3.05, 3.63) is 10.1 Å². The monoisotopic (exact) mass is 240 g/mol. The van der Waals surface area contributed by atoms with Crippen molar-refractivity contribution in [2.45, 2.75) is 5.97 Å². The minimum atomic E-state index is -2.12. The molecule has 0 saturated heterocycles. The summed E-state index contributed by atoms with van der Waals surface area (Å²) in [5.41, 5.74) is 0. The van der Waals surface area contributed by atoms with Crippen LogP contribution in [-0.2, 0) is 23.8 Å². The predicted octanol–water partition coefficient (Wildman–Crippen LogP) is 0.748. The van der Waals surface area contributed by atoms with E-state index in [0.29, 0.717) is 0 Å². The third kappa shape index (κ3) is 1.52. The van der Waals surface area contributed by atoms with Gasteiger partial charge in [0.15, 0.2) is 0 Å². The van der Waals surface area contributed by atoms with Gasteiger partial charge in [0.1, 0.15) is 10.1 Å². The third-order valence-corrected chi connectivity index (χ3v) is 2.41. The molecule has 0 radical (unpaired) electrons. The van der Waals surface area contributed by atoms with E-state index in [1.807, 2.05) is 0 Å². The molecule has 0 aromatic rings. The molecule has 0 N–H and O–H groups in total. The Morgan fingerprint density at radius 3 is 2.07 bits per heavy atom. The summed E-state index contributed by atoms with van der Waals surface area (Å²) in [4.78, 5) is 22.5. The number of hydrogen-bond acceptors (Lipinski definition) is 5. The van der Waals surface area contributed by atoms with Gasteiger partial charge in [0, 0.05) is 14.2 Å². The average molecular weight is 241 g/mol. The number of carbonyl (C=O) groups excluding carboxylic acids is 2. The largest absolute Gasteiger partial charge is 0.398 e. The summed E-state index contributed by atoms with van der Waals surface area (Å²) in [5.74, 6) is -3.94. The summed E-state index contributed by atoms with van der Waals surface area (Å²) in [7, 11) is 2.27. The molecule has 5 nitrogen and oxygen atoms in total. The first-order chi connectivity index (χ1) is 6.48. The van der Waals surface area contributed by atoms with Gasteiger partial charge in [-0.25, -0.2) is 4.79 Å². The zero-order valence-electron chi connectivity index (χ0n) is 7.30. The van der Waals surface area contributed by atoms with Gasteiger partial charge < -0.3 is 14.2 Å². The second-order valence-corrected chi connectivity index (χ2v) is 3.07. The molecular weight excluding hydrogens is 235 g/mol. The highest BCUT2D eigenvalue weighted by Crippen LogP contribution is 2.31. The van der Waals surface area contributed by atoms with Gasteiger partial charge in [-0.2, -0.15) is 0 Å². The van der Waals surface area contributed by atoms with Crippen LogP contribution in [0.25, 0.3) is 0 Å². The van der Waals surface area contributed by atoms with Gasteiger partial charge in [-0.1, -0.05) is 23.2 Å². The van der Waals surface area contributed by atoms with Crippen LogP contribution in [-0.4, -0.2) is 31.9 Å². The maximum atomic E-state index is 11.5. The third-order valence-electron chi connectivity index (χ3n) is 1.61. The summed E-state index contributed by atoms with van der Waals surface area (Å²) >= 11 is 10.9. The fourth-order valence-electron chi connectivity index (χ4n) is 0.889. The predicted molar refractivity (Wildman–Crippen MR) is 46.6 cm³/mol. The summed E-state index contributed by atoms with van der Waals surface area (Å²) in [6.07, 6.45) is 0.